The van der Waals surface area contributed by atoms with E-state index >= 15 is 0 Å². The highest BCUT2D eigenvalue weighted by atomic mass is 16.5. The number of benzene rings is 2. The van der Waals surface area contributed by atoms with Gasteiger partial charge in [0.25, 0.3) is 0 Å². The molecule has 0 saturated heterocycles. The van der Waals surface area contributed by atoms with Crippen LogP contribution in [0.25, 0.3) is 6.08 Å². The summed E-state index contributed by atoms with van der Waals surface area (Å²) < 4.78 is 5.31. The predicted octanol–water partition coefficient (Wildman–Crippen LogP) is 4.26. The summed E-state index contributed by atoms with van der Waals surface area (Å²) in [7, 11) is 0. The fraction of sp³-hybridized carbons (Fsp3) is 0.167. The quantitative estimate of drug-likeness (QED) is 0.597. The summed E-state index contributed by atoms with van der Waals surface area (Å²) in [4.78, 5) is 11.8. The van der Waals surface area contributed by atoms with Gasteiger partial charge in [0.2, 0.25) is 0 Å². The summed E-state index contributed by atoms with van der Waals surface area (Å²) in [6.45, 7) is 1.97. The molecule has 0 heterocycles. The van der Waals surface area contributed by atoms with Gasteiger partial charge in [-0.1, -0.05) is 54.6 Å². The van der Waals surface area contributed by atoms with Crippen molar-refractivity contribution in [3.63, 3.8) is 0 Å². The fourth-order valence-corrected chi connectivity index (χ4v) is 1.91. The Labute approximate surface area is 119 Å². The topological polar surface area (TPSA) is 26.3 Å². The first-order valence-corrected chi connectivity index (χ1v) is 6.75. The van der Waals surface area contributed by atoms with Crippen LogP contribution in [0.2, 0.25) is 0 Å². The van der Waals surface area contributed by atoms with Gasteiger partial charge in [0.1, 0.15) is 5.75 Å². The number of aryl methyl sites for hydroxylation is 1. The fourth-order valence-electron chi connectivity index (χ4n) is 1.91. The van der Waals surface area contributed by atoms with Gasteiger partial charge in [-0.15, -0.1) is 0 Å². The monoisotopic (exact) mass is 266 g/mol. The average molecular weight is 266 g/mol. The van der Waals surface area contributed by atoms with Gasteiger partial charge < -0.3 is 4.74 Å². The highest BCUT2D eigenvalue weighted by molar-refractivity contribution is 5.72. The third kappa shape index (κ3) is 4.39. The summed E-state index contributed by atoms with van der Waals surface area (Å²) in [6, 6.07) is 17.4. The van der Waals surface area contributed by atoms with Crippen molar-refractivity contribution in [2.45, 2.75) is 19.8 Å². The molecule has 0 aliphatic rings. The SMILES string of the molecule is C/C=C/c1ccc(OC(=O)CCc2ccccc2)cc1. The molecule has 2 aromatic carbocycles. The standard InChI is InChI=1S/C18H18O2/c1-2-6-15-9-12-17(13-10-15)20-18(19)14-11-16-7-4-3-5-8-16/h2-10,12-13H,11,14H2,1H3/b6-2+. The molecule has 0 unspecified atom stereocenters. The Morgan fingerprint density at radius 3 is 2.40 bits per heavy atom. The van der Waals surface area contributed by atoms with Crippen LogP contribution in [0.5, 0.6) is 5.75 Å². The largest absolute Gasteiger partial charge is 0.427 e. The molecular weight excluding hydrogens is 248 g/mol. The molecule has 0 atom stereocenters. The highest BCUT2D eigenvalue weighted by Gasteiger charge is 2.05. The summed E-state index contributed by atoms with van der Waals surface area (Å²) >= 11 is 0. The van der Waals surface area contributed by atoms with E-state index in [0.717, 1.165) is 11.1 Å². The Bertz CT molecular complexity index is 568. The maximum Gasteiger partial charge on any atom is 0.311 e. The lowest BCUT2D eigenvalue weighted by atomic mass is 10.1. The Morgan fingerprint density at radius 1 is 1.05 bits per heavy atom. The summed E-state index contributed by atoms with van der Waals surface area (Å²) in [6.07, 6.45) is 5.07. The normalized spacial score (nSPS) is 10.7. The number of hydrogen-bond acceptors (Lipinski definition) is 2. The number of carbonyl (C=O) groups excluding carboxylic acids is 1. The maximum absolute atomic E-state index is 11.8. The highest BCUT2D eigenvalue weighted by Crippen LogP contribution is 2.14. The van der Waals surface area contributed by atoms with Crippen molar-refractivity contribution in [1.82, 2.24) is 0 Å². The van der Waals surface area contributed by atoms with Gasteiger partial charge in [0.05, 0.1) is 0 Å². The van der Waals surface area contributed by atoms with Crippen molar-refractivity contribution < 1.29 is 9.53 Å². The molecule has 0 aromatic heterocycles. The van der Waals surface area contributed by atoms with Crippen molar-refractivity contribution in [2.24, 2.45) is 0 Å². The third-order valence-electron chi connectivity index (χ3n) is 2.93. The lowest BCUT2D eigenvalue weighted by Crippen LogP contribution is -2.08. The lowest BCUT2D eigenvalue weighted by Gasteiger charge is -2.05. The minimum Gasteiger partial charge on any atom is -0.427 e. The van der Waals surface area contributed by atoms with Crippen LogP contribution in [0.4, 0.5) is 0 Å². The van der Waals surface area contributed by atoms with E-state index in [4.69, 9.17) is 4.74 Å². The molecule has 102 valence electrons. The smallest absolute Gasteiger partial charge is 0.311 e. The summed E-state index contributed by atoms with van der Waals surface area (Å²) in [5.74, 6) is 0.393. The van der Waals surface area contributed by atoms with Crippen LogP contribution < -0.4 is 4.74 Å². The minimum atomic E-state index is -0.201. The molecule has 0 N–H and O–H groups in total. The molecule has 2 heteroatoms. The summed E-state index contributed by atoms with van der Waals surface area (Å²) in [5.41, 5.74) is 2.24. The molecule has 0 aliphatic carbocycles. The second-order valence-corrected chi connectivity index (χ2v) is 4.53. The molecule has 0 bridgehead atoms. The van der Waals surface area contributed by atoms with Crippen LogP contribution in [-0.4, -0.2) is 5.97 Å². The van der Waals surface area contributed by atoms with E-state index in [-0.39, 0.29) is 5.97 Å². The van der Waals surface area contributed by atoms with Gasteiger partial charge >= 0.3 is 5.97 Å². The summed E-state index contributed by atoms with van der Waals surface area (Å²) in [5, 5.41) is 0. The minimum absolute atomic E-state index is 0.201. The van der Waals surface area contributed by atoms with Gasteiger partial charge in [-0.25, -0.2) is 0 Å². The molecule has 2 rings (SSSR count). The zero-order chi connectivity index (χ0) is 14.2. The van der Waals surface area contributed by atoms with Crippen LogP contribution >= 0.6 is 0 Å². The molecule has 0 fully saturated rings. The van der Waals surface area contributed by atoms with Crippen LogP contribution in [0, 0.1) is 0 Å². The van der Waals surface area contributed by atoms with Crippen molar-refractivity contribution in [3.05, 3.63) is 71.8 Å². The van der Waals surface area contributed by atoms with E-state index in [1.165, 1.54) is 0 Å². The molecular formula is C18H18O2. The van der Waals surface area contributed by atoms with Gasteiger partial charge in [0, 0.05) is 6.42 Å². The Morgan fingerprint density at radius 2 is 1.75 bits per heavy atom. The predicted molar refractivity (Wildman–Crippen MR) is 81.5 cm³/mol. The van der Waals surface area contributed by atoms with Crippen molar-refractivity contribution in [3.8, 4) is 5.75 Å². The third-order valence-corrected chi connectivity index (χ3v) is 2.93. The molecule has 2 nitrogen and oxygen atoms in total. The average Bonchev–Trinajstić information content (AvgIpc) is 2.49. The Hall–Kier alpha value is -2.35. The number of carbonyl (C=O) groups is 1. The van der Waals surface area contributed by atoms with Gasteiger partial charge in [-0.05, 0) is 36.6 Å². The number of ether oxygens (including phenoxy) is 1. The number of allylic oxidation sites excluding steroid dienone is 1. The van der Waals surface area contributed by atoms with Gasteiger partial charge in [-0.2, -0.15) is 0 Å². The van der Waals surface area contributed by atoms with Crippen LogP contribution in [-0.2, 0) is 11.2 Å². The molecule has 0 aliphatic heterocycles. The van der Waals surface area contributed by atoms with E-state index in [0.29, 0.717) is 18.6 Å². The van der Waals surface area contributed by atoms with E-state index in [1.807, 2.05) is 73.7 Å². The Balaban J connectivity index is 1.85. The second-order valence-electron chi connectivity index (χ2n) is 4.53. The van der Waals surface area contributed by atoms with Crippen LogP contribution in [0.3, 0.4) is 0 Å². The lowest BCUT2D eigenvalue weighted by molar-refractivity contribution is -0.134. The van der Waals surface area contributed by atoms with E-state index in [2.05, 4.69) is 0 Å². The molecule has 2 aromatic rings. The van der Waals surface area contributed by atoms with Gasteiger partial charge in [0.15, 0.2) is 0 Å². The number of hydrogen-bond donors (Lipinski definition) is 0. The maximum atomic E-state index is 11.8. The number of rotatable bonds is 5. The van der Waals surface area contributed by atoms with Crippen molar-refractivity contribution in [2.75, 3.05) is 0 Å². The van der Waals surface area contributed by atoms with Crippen molar-refractivity contribution in [1.29, 1.82) is 0 Å². The van der Waals surface area contributed by atoms with Crippen molar-refractivity contribution >= 4 is 12.0 Å². The number of esters is 1. The first kappa shape index (κ1) is 14.1. The van der Waals surface area contributed by atoms with Crippen LogP contribution in [0.15, 0.2) is 60.7 Å². The molecule has 0 saturated carbocycles. The van der Waals surface area contributed by atoms with Gasteiger partial charge in [-0.3, -0.25) is 4.79 Å². The zero-order valence-electron chi connectivity index (χ0n) is 11.6. The zero-order valence-corrected chi connectivity index (χ0v) is 11.6. The molecule has 20 heavy (non-hydrogen) atoms. The molecule has 0 spiro atoms. The van der Waals surface area contributed by atoms with E-state index in [1.54, 1.807) is 0 Å². The Kier molecular flexibility index (Phi) is 5.13. The first-order valence-electron chi connectivity index (χ1n) is 6.75. The van der Waals surface area contributed by atoms with Crippen LogP contribution in [0.1, 0.15) is 24.5 Å². The van der Waals surface area contributed by atoms with E-state index < -0.39 is 0 Å². The molecule has 0 amide bonds. The van der Waals surface area contributed by atoms with E-state index in [9.17, 15) is 4.79 Å². The molecule has 0 radical (unpaired) electrons. The first-order chi connectivity index (χ1) is 9.78. The second kappa shape index (κ2) is 7.29.